The number of hydrogen-bond acceptors (Lipinski definition) is 5. The van der Waals surface area contributed by atoms with E-state index in [1.165, 1.54) is 18.2 Å². The molecule has 1 saturated heterocycles. The summed E-state index contributed by atoms with van der Waals surface area (Å²) in [7, 11) is 1.87. The van der Waals surface area contributed by atoms with Crippen LogP contribution in [0.25, 0.3) is 0 Å². The molecule has 0 aromatic heterocycles. The molecule has 2 amide bonds. The van der Waals surface area contributed by atoms with E-state index in [-0.39, 0.29) is 31.2 Å². The Hall–Kier alpha value is -2.16. The molecule has 0 radical (unpaired) electrons. The van der Waals surface area contributed by atoms with Crippen LogP contribution in [0.15, 0.2) is 30.9 Å². The number of aliphatic hydroxyl groups excluding tert-OH is 1. The van der Waals surface area contributed by atoms with Crippen LogP contribution in [-0.2, 0) is 5.60 Å². The van der Waals surface area contributed by atoms with Gasteiger partial charge in [0.15, 0.2) is 0 Å². The van der Waals surface area contributed by atoms with Gasteiger partial charge in [-0.15, -0.1) is 0 Å². The highest BCUT2D eigenvalue weighted by molar-refractivity contribution is 5.74. The van der Waals surface area contributed by atoms with Crippen molar-refractivity contribution in [3.05, 3.63) is 42.2 Å². The minimum atomic E-state index is -1.41. The van der Waals surface area contributed by atoms with Crippen molar-refractivity contribution in [1.29, 1.82) is 0 Å². The second-order valence-electron chi connectivity index (χ2n) is 9.96. The SMILES string of the molecule is C=CCOc1ccc(F)cc1[C@](O)(CCCCO)[C@@H]1CCCN(C(=O)N[C@H](CNC)CC(C)C)C1. The zero-order valence-electron chi connectivity index (χ0n) is 21.6. The zero-order valence-corrected chi connectivity index (χ0v) is 21.6. The van der Waals surface area contributed by atoms with Gasteiger partial charge >= 0.3 is 6.03 Å². The number of nitrogens with zero attached hydrogens (tertiary/aromatic N) is 1. The lowest BCUT2D eigenvalue weighted by molar-refractivity contribution is -0.0578. The first kappa shape index (κ1) is 29.1. The molecule has 4 N–H and O–H groups in total. The number of carbonyl (C=O) groups is 1. The van der Waals surface area contributed by atoms with Crippen molar-refractivity contribution in [3.63, 3.8) is 0 Å². The molecule has 0 aliphatic carbocycles. The first-order chi connectivity index (χ1) is 16.7. The Morgan fingerprint density at radius 1 is 1.40 bits per heavy atom. The van der Waals surface area contributed by atoms with Gasteiger partial charge in [0, 0.05) is 43.8 Å². The van der Waals surface area contributed by atoms with E-state index in [1.807, 2.05) is 7.05 Å². The molecule has 8 heteroatoms. The number of nitrogens with one attached hydrogen (secondary N) is 2. The van der Waals surface area contributed by atoms with Crippen molar-refractivity contribution in [2.24, 2.45) is 11.8 Å². The molecule has 0 saturated carbocycles. The Labute approximate surface area is 209 Å². The number of urea groups is 1. The van der Waals surface area contributed by atoms with E-state index in [0.717, 1.165) is 12.8 Å². The van der Waals surface area contributed by atoms with Gasteiger partial charge in [-0.2, -0.15) is 0 Å². The summed E-state index contributed by atoms with van der Waals surface area (Å²) in [4.78, 5) is 14.9. The molecule has 1 heterocycles. The van der Waals surface area contributed by atoms with Crippen molar-refractivity contribution >= 4 is 6.03 Å². The van der Waals surface area contributed by atoms with E-state index >= 15 is 0 Å². The summed E-state index contributed by atoms with van der Waals surface area (Å²) in [5.74, 6) is 0.0914. The van der Waals surface area contributed by atoms with Gasteiger partial charge in [0.2, 0.25) is 0 Å². The van der Waals surface area contributed by atoms with E-state index in [0.29, 0.717) is 62.5 Å². The molecule has 1 aromatic carbocycles. The van der Waals surface area contributed by atoms with Gasteiger partial charge in [0.05, 0.1) is 5.60 Å². The van der Waals surface area contributed by atoms with Gasteiger partial charge in [-0.3, -0.25) is 0 Å². The quantitative estimate of drug-likeness (QED) is 0.234. The lowest BCUT2D eigenvalue weighted by atomic mass is 9.73. The smallest absolute Gasteiger partial charge is 0.317 e. The molecule has 0 spiro atoms. The molecule has 1 aromatic rings. The molecule has 35 heavy (non-hydrogen) atoms. The molecular weight excluding hydrogens is 449 g/mol. The third kappa shape index (κ3) is 8.47. The maximum Gasteiger partial charge on any atom is 0.317 e. The summed E-state index contributed by atoms with van der Waals surface area (Å²) in [5, 5.41) is 27.7. The van der Waals surface area contributed by atoms with Crippen LogP contribution in [-0.4, -0.2) is 67.1 Å². The highest BCUT2D eigenvalue weighted by Crippen LogP contribution is 2.43. The van der Waals surface area contributed by atoms with Gasteiger partial charge in [-0.25, -0.2) is 9.18 Å². The highest BCUT2D eigenvalue weighted by atomic mass is 19.1. The van der Waals surface area contributed by atoms with Gasteiger partial charge in [0.1, 0.15) is 18.2 Å². The molecule has 0 unspecified atom stereocenters. The number of piperidine rings is 1. The van der Waals surface area contributed by atoms with Crippen LogP contribution < -0.4 is 15.4 Å². The summed E-state index contributed by atoms with van der Waals surface area (Å²) in [6, 6.07) is 4.05. The third-order valence-corrected chi connectivity index (χ3v) is 6.65. The predicted octanol–water partition coefficient (Wildman–Crippen LogP) is 3.80. The average molecular weight is 494 g/mol. The van der Waals surface area contributed by atoms with Crippen molar-refractivity contribution in [3.8, 4) is 5.75 Å². The molecule has 7 nitrogen and oxygen atoms in total. The minimum absolute atomic E-state index is 0.0124. The lowest BCUT2D eigenvalue weighted by Crippen LogP contribution is -2.54. The lowest BCUT2D eigenvalue weighted by Gasteiger charge is -2.43. The number of amides is 2. The summed E-state index contributed by atoms with van der Waals surface area (Å²) in [5.41, 5.74) is -1.02. The number of rotatable bonds is 14. The van der Waals surface area contributed by atoms with Crippen LogP contribution in [0.3, 0.4) is 0 Å². The molecule has 198 valence electrons. The Morgan fingerprint density at radius 3 is 2.83 bits per heavy atom. The van der Waals surface area contributed by atoms with E-state index in [2.05, 4.69) is 31.1 Å². The third-order valence-electron chi connectivity index (χ3n) is 6.65. The van der Waals surface area contributed by atoms with Crippen LogP contribution in [0.4, 0.5) is 9.18 Å². The topological polar surface area (TPSA) is 94.1 Å². The number of likely N-dealkylation sites (tertiary alicyclic amines) is 1. The number of aliphatic hydroxyl groups is 2. The number of hydrogen-bond donors (Lipinski definition) is 4. The van der Waals surface area contributed by atoms with Gasteiger partial charge in [-0.1, -0.05) is 26.5 Å². The Morgan fingerprint density at radius 2 is 2.17 bits per heavy atom. The highest BCUT2D eigenvalue weighted by Gasteiger charge is 2.43. The summed E-state index contributed by atoms with van der Waals surface area (Å²) >= 11 is 0. The fourth-order valence-electron chi connectivity index (χ4n) is 5.01. The molecular formula is C27H44FN3O4. The number of unbranched alkanes of at least 4 members (excludes halogenated alkanes) is 1. The number of ether oxygens (including phenoxy) is 1. The van der Waals surface area contributed by atoms with E-state index in [1.54, 1.807) is 11.0 Å². The monoisotopic (exact) mass is 493 g/mol. The fraction of sp³-hybridized carbons (Fsp3) is 0.667. The average Bonchev–Trinajstić information content (AvgIpc) is 2.83. The van der Waals surface area contributed by atoms with Crippen LogP contribution >= 0.6 is 0 Å². The van der Waals surface area contributed by atoms with Crippen LogP contribution in [0.1, 0.15) is 57.9 Å². The van der Waals surface area contributed by atoms with Gasteiger partial charge in [-0.05, 0) is 69.7 Å². The van der Waals surface area contributed by atoms with E-state index in [4.69, 9.17) is 4.74 Å². The standard InChI is InChI=1S/C27H44FN3O4/c1-5-15-35-25-11-10-22(28)17-24(25)27(34,12-6-7-14-32)21-9-8-13-31(19-21)26(33)30-23(18-29-4)16-20(2)3/h5,10-11,17,20-21,23,29,32,34H,1,6-9,12-16,18-19H2,2-4H3,(H,30,33)/t21-,23+,27+/m1/s1. The number of likely N-dealkylation sites (N-methyl/N-ethyl adjacent to an activating group) is 1. The Bertz CT molecular complexity index is 807. The van der Waals surface area contributed by atoms with Crippen LogP contribution in [0, 0.1) is 17.7 Å². The molecule has 1 aliphatic heterocycles. The maximum atomic E-state index is 14.4. The Kier molecular flexibility index (Phi) is 12.0. The van der Waals surface area contributed by atoms with E-state index in [9.17, 15) is 19.4 Å². The zero-order chi connectivity index (χ0) is 25.8. The van der Waals surface area contributed by atoms with Gasteiger partial charge in [0.25, 0.3) is 0 Å². The molecule has 3 atom stereocenters. The molecule has 0 bridgehead atoms. The number of benzene rings is 1. The van der Waals surface area contributed by atoms with Crippen LogP contribution in [0.5, 0.6) is 5.75 Å². The molecule has 1 aliphatic rings. The van der Waals surface area contributed by atoms with Crippen LogP contribution in [0.2, 0.25) is 0 Å². The summed E-state index contributed by atoms with van der Waals surface area (Å²) in [6.45, 7) is 9.81. The van der Waals surface area contributed by atoms with Crippen molar-refractivity contribution in [2.45, 2.75) is 64.0 Å². The molecule has 2 rings (SSSR count). The second-order valence-corrected chi connectivity index (χ2v) is 9.96. The van der Waals surface area contributed by atoms with E-state index < -0.39 is 11.4 Å². The minimum Gasteiger partial charge on any atom is -0.489 e. The number of carbonyl (C=O) groups excluding carboxylic acids is 1. The van der Waals surface area contributed by atoms with Crippen molar-refractivity contribution in [1.82, 2.24) is 15.5 Å². The summed E-state index contributed by atoms with van der Waals surface area (Å²) < 4.78 is 20.2. The van der Waals surface area contributed by atoms with Crippen molar-refractivity contribution < 1.29 is 24.1 Å². The second kappa shape index (κ2) is 14.4. The maximum absolute atomic E-state index is 14.4. The first-order valence-corrected chi connectivity index (χ1v) is 12.8. The van der Waals surface area contributed by atoms with Crippen molar-refractivity contribution in [2.75, 3.05) is 39.9 Å². The molecule has 1 fully saturated rings. The predicted molar refractivity (Wildman–Crippen MR) is 137 cm³/mol. The summed E-state index contributed by atoms with van der Waals surface area (Å²) in [6.07, 6.45) is 5.31. The fourth-order valence-corrected chi connectivity index (χ4v) is 5.01. The van der Waals surface area contributed by atoms with Gasteiger partial charge < -0.3 is 30.5 Å². The number of halogens is 1. The largest absolute Gasteiger partial charge is 0.489 e. The Balaban J connectivity index is 2.30. The normalized spacial score (nSPS) is 18.7. The first-order valence-electron chi connectivity index (χ1n) is 12.8.